The number of ether oxygens (including phenoxy) is 1. The highest BCUT2D eigenvalue weighted by Crippen LogP contribution is 2.22. The Morgan fingerprint density at radius 2 is 1.67 bits per heavy atom. The topological polar surface area (TPSA) is 29.5 Å². The van der Waals surface area contributed by atoms with Crippen LogP contribution in [-0.4, -0.2) is 31.6 Å². The van der Waals surface area contributed by atoms with Gasteiger partial charge in [0.15, 0.2) is 0 Å². The molecule has 0 bridgehead atoms. The largest absolute Gasteiger partial charge is 0.468 e. The molecule has 0 amide bonds. The Balaban J connectivity index is 2.93. The average Bonchev–Trinajstić information content (AvgIpc) is 2.32. The zero-order valence-corrected chi connectivity index (χ0v) is 12.3. The Hall–Kier alpha value is -1.35. The second-order valence-electron chi connectivity index (χ2n) is 4.99. The molecule has 0 radical (unpaired) electrons. The van der Waals surface area contributed by atoms with Gasteiger partial charge in [-0.3, -0.25) is 9.69 Å². The highest BCUT2D eigenvalue weighted by Gasteiger charge is 2.12. The fourth-order valence-corrected chi connectivity index (χ4v) is 2.15. The van der Waals surface area contributed by atoms with Crippen molar-refractivity contribution in [2.75, 3.05) is 20.7 Å². The van der Waals surface area contributed by atoms with Crippen LogP contribution in [0.3, 0.4) is 0 Å². The second kappa shape index (κ2) is 6.01. The van der Waals surface area contributed by atoms with E-state index in [1.807, 2.05) is 11.9 Å². The predicted molar refractivity (Wildman–Crippen MR) is 73.7 cm³/mol. The van der Waals surface area contributed by atoms with Crippen LogP contribution < -0.4 is 0 Å². The lowest BCUT2D eigenvalue weighted by molar-refractivity contribution is -0.141. The van der Waals surface area contributed by atoms with E-state index in [1.54, 1.807) is 0 Å². The van der Waals surface area contributed by atoms with Crippen molar-refractivity contribution in [1.82, 2.24) is 4.90 Å². The highest BCUT2D eigenvalue weighted by atomic mass is 16.5. The maximum atomic E-state index is 11.3. The molecule has 0 unspecified atom stereocenters. The third-order valence-electron chi connectivity index (χ3n) is 3.58. The molecule has 0 saturated heterocycles. The van der Waals surface area contributed by atoms with Gasteiger partial charge in [0, 0.05) is 6.54 Å². The minimum Gasteiger partial charge on any atom is -0.468 e. The molecular formula is C15H23NO2. The normalized spacial score (nSPS) is 10.8. The Morgan fingerprint density at radius 1 is 1.17 bits per heavy atom. The number of nitrogens with zero attached hydrogens (tertiary/aromatic N) is 1. The van der Waals surface area contributed by atoms with Crippen molar-refractivity contribution in [3.8, 4) is 0 Å². The van der Waals surface area contributed by atoms with Crippen molar-refractivity contribution >= 4 is 5.97 Å². The zero-order chi connectivity index (χ0) is 13.9. The van der Waals surface area contributed by atoms with Gasteiger partial charge in [0.25, 0.3) is 0 Å². The molecule has 0 aromatic heterocycles. The Labute approximate surface area is 110 Å². The summed E-state index contributed by atoms with van der Waals surface area (Å²) >= 11 is 0. The number of aryl methyl sites for hydroxylation is 2. The van der Waals surface area contributed by atoms with E-state index in [4.69, 9.17) is 0 Å². The van der Waals surface area contributed by atoms with Crippen LogP contribution in [-0.2, 0) is 16.1 Å². The number of carbonyl (C=O) groups excluding carboxylic acids is 1. The monoisotopic (exact) mass is 249 g/mol. The molecule has 0 spiro atoms. The number of rotatable bonds is 4. The fraction of sp³-hybridized carbons (Fsp3) is 0.533. The first-order valence-corrected chi connectivity index (χ1v) is 6.18. The molecular weight excluding hydrogens is 226 g/mol. The summed E-state index contributed by atoms with van der Waals surface area (Å²) in [5, 5.41) is 0. The van der Waals surface area contributed by atoms with Crippen LogP contribution in [0.1, 0.15) is 27.8 Å². The molecule has 1 rings (SSSR count). The summed E-state index contributed by atoms with van der Waals surface area (Å²) in [6, 6.07) is 2.22. The quantitative estimate of drug-likeness (QED) is 0.768. The van der Waals surface area contributed by atoms with E-state index in [-0.39, 0.29) is 5.97 Å². The summed E-state index contributed by atoms with van der Waals surface area (Å²) in [6.07, 6.45) is 0. The molecule has 0 aliphatic carbocycles. The predicted octanol–water partition coefficient (Wildman–Crippen LogP) is 2.53. The minimum absolute atomic E-state index is 0.197. The van der Waals surface area contributed by atoms with Crippen molar-refractivity contribution in [2.24, 2.45) is 0 Å². The maximum absolute atomic E-state index is 11.3. The number of hydrogen-bond donors (Lipinski definition) is 0. The molecule has 0 heterocycles. The van der Waals surface area contributed by atoms with E-state index in [0.29, 0.717) is 6.54 Å². The number of benzene rings is 1. The van der Waals surface area contributed by atoms with E-state index < -0.39 is 0 Å². The summed E-state index contributed by atoms with van der Waals surface area (Å²) in [4.78, 5) is 13.2. The molecule has 100 valence electrons. The Bertz CT molecular complexity index is 426. The summed E-state index contributed by atoms with van der Waals surface area (Å²) in [6.45, 7) is 9.64. The SMILES string of the molecule is COC(=O)CN(C)Cc1c(C)c(C)cc(C)c1C. The van der Waals surface area contributed by atoms with E-state index in [2.05, 4.69) is 38.5 Å². The molecule has 1 aromatic carbocycles. The van der Waals surface area contributed by atoms with Crippen LogP contribution in [0, 0.1) is 27.7 Å². The van der Waals surface area contributed by atoms with Crippen molar-refractivity contribution in [3.05, 3.63) is 33.9 Å². The lowest BCUT2D eigenvalue weighted by Gasteiger charge is -2.21. The van der Waals surface area contributed by atoms with E-state index in [9.17, 15) is 4.79 Å². The molecule has 3 nitrogen and oxygen atoms in total. The molecule has 0 aliphatic heterocycles. The molecule has 1 aromatic rings. The van der Waals surface area contributed by atoms with E-state index >= 15 is 0 Å². The first-order chi connectivity index (χ1) is 8.36. The molecule has 3 heteroatoms. The van der Waals surface area contributed by atoms with Crippen LogP contribution in [0.5, 0.6) is 0 Å². The summed E-state index contributed by atoms with van der Waals surface area (Å²) in [5.74, 6) is -0.197. The number of likely N-dealkylation sites (N-methyl/N-ethyl adjacent to an activating group) is 1. The third kappa shape index (κ3) is 3.33. The van der Waals surface area contributed by atoms with Gasteiger partial charge in [-0.15, -0.1) is 0 Å². The van der Waals surface area contributed by atoms with Crippen molar-refractivity contribution < 1.29 is 9.53 Å². The van der Waals surface area contributed by atoms with Crippen LogP contribution in [0.2, 0.25) is 0 Å². The van der Waals surface area contributed by atoms with E-state index in [1.165, 1.54) is 34.9 Å². The molecule has 0 N–H and O–H groups in total. The lowest BCUT2D eigenvalue weighted by atomic mass is 9.94. The maximum Gasteiger partial charge on any atom is 0.319 e. The van der Waals surface area contributed by atoms with Crippen LogP contribution in [0.25, 0.3) is 0 Å². The fourth-order valence-electron chi connectivity index (χ4n) is 2.15. The van der Waals surface area contributed by atoms with Gasteiger partial charge < -0.3 is 4.74 Å². The molecule has 0 aliphatic rings. The lowest BCUT2D eigenvalue weighted by Crippen LogP contribution is -2.27. The first kappa shape index (κ1) is 14.7. The summed E-state index contributed by atoms with van der Waals surface area (Å²) in [5.41, 5.74) is 6.56. The third-order valence-corrected chi connectivity index (χ3v) is 3.58. The van der Waals surface area contributed by atoms with Gasteiger partial charge >= 0.3 is 5.97 Å². The van der Waals surface area contributed by atoms with Gasteiger partial charge in [0.2, 0.25) is 0 Å². The summed E-state index contributed by atoms with van der Waals surface area (Å²) < 4.78 is 4.69. The molecule has 0 atom stereocenters. The smallest absolute Gasteiger partial charge is 0.319 e. The number of esters is 1. The molecule has 0 saturated carbocycles. The van der Waals surface area contributed by atoms with Crippen LogP contribution in [0.15, 0.2) is 6.07 Å². The van der Waals surface area contributed by atoms with E-state index in [0.717, 1.165) is 6.54 Å². The number of hydrogen-bond acceptors (Lipinski definition) is 3. The second-order valence-corrected chi connectivity index (χ2v) is 4.99. The van der Waals surface area contributed by atoms with Crippen molar-refractivity contribution in [1.29, 1.82) is 0 Å². The van der Waals surface area contributed by atoms with Gasteiger partial charge in [-0.2, -0.15) is 0 Å². The van der Waals surface area contributed by atoms with Gasteiger partial charge in [0.1, 0.15) is 0 Å². The van der Waals surface area contributed by atoms with Gasteiger partial charge in [0.05, 0.1) is 13.7 Å². The van der Waals surface area contributed by atoms with Crippen molar-refractivity contribution in [3.63, 3.8) is 0 Å². The van der Waals surface area contributed by atoms with Crippen molar-refractivity contribution in [2.45, 2.75) is 34.2 Å². The van der Waals surface area contributed by atoms with Gasteiger partial charge in [-0.05, 0) is 62.6 Å². The zero-order valence-electron chi connectivity index (χ0n) is 12.3. The van der Waals surface area contributed by atoms with Crippen LogP contribution >= 0.6 is 0 Å². The number of methoxy groups -OCH3 is 1. The van der Waals surface area contributed by atoms with Crippen LogP contribution in [0.4, 0.5) is 0 Å². The first-order valence-electron chi connectivity index (χ1n) is 6.18. The standard InChI is InChI=1S/C15H23NO2/c1-10-7-11(2)13(4)14(12(10)3)8-16(5)9-15(17)18-6/h7H,8-9H2,1-6H3. The average molecular weight is 249 g/mol. The number of carbonyl (C=O) groups is 1. The van der Waals surface area contributed by atoms with Gasteiger partial charge in [-0.25, -0.2) is 0 Å². The molecule has 18 heavy (non-hydrogen) atoms. The molecule has 0 fully saturated rings. The Kier molecular flexibility index (Phi) is 4.91. The van der Waals surface area contributed by atoms with Gasteiger partial charge in [-0.1, -0.05) is 6.07 Å². The Morgan fingerprint density at radius 3 is 2.11 bits per heavy atom. The highest BCUT2D eigenvalue weighted by molar-refractivity contribution is 5.71. The summed E-state index contributed by atoms with van der Waals surface area (Å²) in [7, 11) is 3.36. The minimum atomic E-state index is -0.197.